The highest BCUT2D eigenvalue weighted by Crippen LogP contribution is 2.23. The molecule has 1 aliphatic rings. The van der Waals surface area contributed by atoms with Gasteiger partial charge in [-0.15, -0.1) is 0 Å². The summed E-state index contributed by atoms with van der Waals surface area (Å²) in [6.07, 6.45) is 1.75. The van der Waals surface area contributed by atoms with Crippen molar-refractivity contribution in [2.75, 3.05) is 26.2 Å². The number of piperazine rings is 1. The van der Waals surface area contributed by atoms with Gasteiger partial charge >= 0.3 is 0 Å². The number of pyridine rings is 1. The van der Waals surface area contributed by atoms with Crippen LogP contribution in [0.5, 0.6) is 0 Å². The summed E-state index contributed by atoms with van der Waals surface area (Å²) in [6.45, 7) is 5.37. The van der Waals surface area contributed by atoms with Crippen molar-refractivity contribution in [2.45, 2.75) is 13.1 Å². The quantitative estimate of drug-likeness (QED) is 0.670. The molecule has 0 amide bonds. The maximum Gasteiger partial charge on any atom is 0.258 e. The number of rotatable bonds is 4. The van der Waals surface area contributed by atoms with Crippen molar-refractivity contribution >= 4 is 28.8 Å². The largest absolute Gasteiger partial charge is 0.297 e. The van der Waals surface area contributed by atoms with Crippen LogP contribution >= 0.6 is 23.2 Å². The lowest BCUT2D eigenvalue weighted by atomic mass is 10.2. The number of nitrogens with zero attached hydrogens (tertiary/aromatic N) is 4. The summed E-state index contributed by atoms with van der Waals surface area (Å²) in [7, 11) is 0. The Morgan fingerprint density at radius 1 is 0.889 bits per heavy atom. The van der Waals surface area contributed by atoms with Gasteiger partial charge in [-0.05, 0) is 29.8 Å². The summed E-state index contributed by atoms with van der Waals surface area (Å²) in [5.74, 6) is 0. The molecular formula is C20H20Cl2N4O. The van der Waals surface area contributed by atoms with Gasteiger partial charge in [0.2, 0.25) is 0 Å². The van der Waals surface area contributed by atoms with Crippen LogP contribution in [0.15, 0.2) is 53.5 Å². The van der Waals surface area contributed by atoms with Crippen LogP contribution in [0.4, 0.5) is 0 Å². The molecule has 0 bridgehead atoms. The maximum atomic E-state index is 12.2. The minimum atomic E-state index is -0.0335. The number of hydrogen-bond acceptors (Lipinski definition) is 4. The first-order chi connectivity index (χ1) is 13.1. The van der Waals surface area contributed by atoms with E-state index in [1.165, 1.54) is 5.56 Å². The summed E-state index contributed by atoms with van der Waals surface area (Å²) in [6, 6.07) is 13.0. The predicted molar refractivity (Wildman–Crippen MR) is 108 cm³/mol. The first-order valence-electron chi connectivity index (χ1n) is 8.94. The number of benzene rings is 1. The zero-order valence-electron chi connectivity index (χ0n) is 14.8. The second kappa shape index (κ2) is 7.98. The second-order valence-electron chi connectivity index (χ2n) is 6.82. The minimum Gasteiger partial charge on any atom is -0.297 e. The van der Waals surface area contributed by atoms with E-state index >= 15 is 0 Å². The lowest BCUT2D eigenvalue weighted by molar-refractivity contribution is 0.121. The van der Waals surface area contributed by atoms with Crippen LogP contribution in [-0.2, 0) is 13.1 Å². The zero-order chi connectivity index (χ0) is 18.8. The summed E-state index contributed by atoms with van der Waals surface area (Å²) in [5, 5.41) is 1.19. The number of aromatic nitrogens is 2. The van der Waals surface area contributed by atoms with Crippen molar-refractivity contribution in [3.63, 3.8) is 0 Å². The van der Waals surface area contributed by atoms with Crippen LogP contribution in [-0.4, -0.2) is 45.4 Å². The summed E-state index contributed by atoms with van der Waals surface area (Å²) in [5.41, 5.74) is 2.65. The molecule has 0 atom stereocenters. The fraction of sp³-hybridized carbons (Fsp3) is 0.300. The van der Waals surface area contributed by atoms with E-state index in [4.69, 9.17) is 23.2 Å². The lowest BCUT2D eigenvalue weighted by Crippen LogP contribution is -2.45. The monoisotopic (exact) mass is 402 g/mol. The summed E-state index contributed by atoms with van der Waals surface area (Å²) in [4.78, 5) is 21.6. The Morgan fingerprint density at radius 2 is 1.63 bits per heavy atom. The number of hydrogen-bond donors (Lipinski definition) is 0. The van der Waals surface area contributed by atoms with Crippen LogP contribution in [0, 0.1) is 0 Å². The first-order valence-corrected chi connectivity index (χ1v) is 9.70. The fourth-order valence-electron chi connectivity index (χ4n) is 3.41. The van der Waals surface area contributed by atoms with Gasteiger partial charge in [-0.25, -0.2) is 4.98 Å². The molecule has 3 aromatic rings. The van der Waals surface area contributed by atoms with Crippen molar-refractivity contribution in [2.24, 2.45) is 0 Å². The third kappa shape index (κ3) is 4.33. The fourth-order valence-corrected chi connectivity index (χ4v) is 3.74. The molecule has 1 fully saturated rings. The molecule has 1 aromatic carbocycles. The zero-order valence-corrected chi connectivity index (χ0v) is 16.3. The van der Waals surface area contributed by atoms with E-state index in [1.807, 2.05) is 36.4 Å². The highest BCUT2D eigenvalue weighted by atomic mass is 35.5. The van der Waals surface area contributed by atoms with Gasteiger partial charge in [-0.1, -0.05) is 35.3 Å². The molecule has 1 saturated heterocycles. The third-order valence-corrected chi connectivity index (χ3v) is 5.60. The van der Waals surface area contributed by atoms with Crippen molar-refractivity contribution in [3.8, 4) is 0 Å². The Morgan fingerprint density at radius 3 is 2.37 bits per heavy atom. The van der Waals surface area contributed by atoms with Gasteiger partial charge in [0.15, 0.2) is 0 Å². The second-order valence-corrected chi connectivity index (χ2v) is 7.63. The topological polar surface area (TPSA) is 40.9 Å². The van der Waals surface area contributed by atoms with E-state index < -0.39 is 0 Å². The Hall–Kier alpha value is -1.92. The van der Waals surface area contributed by atoms with Gasteiger partial charge in [-0.3, -0.25) is 19.0 Å². The van der Waals surface area contributed by atoms with Gasteiger partial charge in [0, 0.05) is 51.5 Å². The lowest BCUT2D eigenvalue weighted by Gasteiger charge is -2.34. The summed E-state index contributed by atoms with van der Waals surface area (Å²) >= 11 is 12.1. The molecule has 0 N–H and O–H groups in total. The highest BCUT2D eigenvalue weighted by Gasteiger charge is 2.18. The van der Waals surface area contributed by atoms with E-state index in [1.54, 1.807) is 16.7 Å². The average Bonchev–Trinajstić information content (AvgIpc) is 2.66. The van der Waals surface area contributed by atoms with Gasteiger partial charge in [-0.2, -0.15) is 0 Å². The molecule has 7 heteroatoms. The van der Waals surface area contributed by atoms with E-state index in [-0.39, 0.29) is 5.56 Å². The SMILES string of the molecule is O=c1cc(CN2CCN(Cc3ccc(Cl)c(Cl)c3)CC2)nc2ccccn12. The third-order valence-electron chi connectivity index (χ3n) is 4.86. The molecule has 0 aliphatic carbocycles. The average molecular weight is 403 g/mol. The minimum absolute atomic E-state index is 0.0335. The maximum absolute atomic E-state index is 12.2. The van der Waals surface area contributed by atoms with Crippen molar-refractivity contribution in [1.82, 2.24) is 19.2 Å². The Kier molecular flexibility index (Phi) is 5.45. The summed E-state index contributed by atoms with van der Waals surface area (Å²) < 4.78 is 1.57. The molecular weight excluding hydrogens is 383 g/mol. The van der Waals surface area contributed by atoms with Gasteiger partial charge < -0.3 is 0 Å². The Bertz CT molecular complexity index is 1010. The molecule has 0 spiro atoms. The normalized spacial score (nSPS) is 16.1. The molecule has 0 radical (unpaired) electrons. The molecule has 27 heavy (non-hydrogen) atoms. The molecule has 5 nitrogen and oxygen atoms in total. The van der Waals surface area contributed by atoms with Crippen molar-refractivity contribution in [3.05, 3.63) is 80.3 Å². The number of fused-ring (bicyclic) bond motifs is 1. The smallest absolute Gasteiger partial charge is 0.258 e. The van der Waals surface area contributed by atoms with E-state index in [9.17, 15) is 4.79 Å². The highest BCUT2D eigenvalue weighted by molar-refractivity contribution is 6.42. The van der Waals surface area contributed by atoms with Crippen molar-refractivity contribution in [1.29, 1.82) is 0 Å². The molecule has 4 rings (SSSR count). The molecule has 140 valence electrons. The van der Waals surface area contributed by atoms with Crippen LogP contribution in [0.25, 0.3) is 5.65 Å². The predicted octanol–water partition coefficient (Wildman–Crippen LogP) is 3.32. The molecule has 1 aliphatic heterocycles. The van der Waals surface area contributed by atoms with Crippen LogP contribution in [0.1, 0.15) is 11.3 Å². The van der Waals surface area contributed by atoms with Crippen molar-refractivity contribution < 1.29 is 0 Å². The Labute approximate surface area is 167 Å². The standard InChI is InChI=1S/C20H20Cl2N4O/c21-17-5-4-15(11-18(17)22)13-24-7-9-25(10-8-24)14-16-12-20(27)26-6-2-1-3-19(26)23-16/h1-6,11-12H,7-10,13-14H2. The molecule has 0 unspecified atom stereocenters. The molecule has 3 heterocycles. The van der Waals surface area contributed by atoms with Gasteiger partial charge in [0.1, 0.15) is 5.65 Å². The van der Waals surface area contributed by atoms with E-state index in [0.717, 1.165) is 38.4 Å². The first kappa shape index (κ1) is 18.4. The van der Waals surface area contributed by atoms with Crippen LogP contribution in [0.3, 0.4) is 0 Å². The van der Waals surface area contributed by atoms with Gasteiger partial charge in [0.25, 0.3) is 5.56 Å². The molecule has 2 aromatic heterocycles. The van der Waals surface area contributed by atoms with Crippen LogP contribution in [0.2, 0.25) is 10.0 Å². The number of halogens is 2. The van der Waals surface area contributed by atoms with Crippen LogP contribution < -0.4 is 5.56 Å². The Balaban J connectivity index is 1.37. The molecule has 0 saturated carbocycles. The van der Waals surface area contributed by atoms with E-state index in [2.05, 4.69) is 14.8 Å². The van der Waals surface area contributed by atoms with E-state index in [0.29, 0.717) is 22.2 Å². The van der Waals surface area contributed by atoms with Gasteiger partial charge in [0.05, 0.1) is 15.7 Å².